The molecule has 0 aliphatic heterocycles. The lowest BCUT2D eigenvalue weighted by Gasteiger charge is -2.28. The van der Waals surface area contributed by atoms with Gasteiger partial charge in [-0.1, -0.05) is 37.6 Å². The maximum Gasteiger partial charge on any atom is 0.387 e. The molecule has 4 rings (SSSR count). The van der Waals surface area contributed by atoms with E-state index < -0.39 is 18.2 Å². The molecule has 0 radical (unpaired) electrons. The summed E-state index contributed by atoms with van der Waals surface area (Å²) < 4.78 is 63.7. The molecule has 0 heterocycles. The Bertz CT molecular complexity index is 1100. The summed E-state index contributed by atoms with van der Waals surface area (Å²) in [6.45, 7) is 0.968. The molecule has 0 atom stereocenters. The molecule has 1 saturated carbocycles. The highest BCUT2D eigenvalue weighted by molar-refractivity contribution is 5.70. The molecule has 0 amide bonds. The van der Waals surface area contributed by atoms with E-state index in [1.165, 1.54) is 68.0 Å². The smallest absolute Gasteiger partial charge is 0.387 e. The Hall–Kier alpha value is -3.02. The van der Waals surface area contributed by atoms with Crippen molar-refractivity contribution in [2.24, 2.45) is 5.92 Å². The summed E-state index contributed by atoms with van der Waals surface area (Å²) >= 11 is 0. The predicted octanol–water partition coefficient (Wildman–Crippen LogP) is 9.02. The lowest BCUT2D eigenvalue weighted by atomic mass is 9.77. The molecule has 0 spiro atoms. The number of hydrogen-bond donors (Lipinski definition) is 0. The molecule has 3 aromatic rings. The van der Waals surface area contributed by atoms with Gasteiger partial charge in [0.2, 0.25) is 5.82 Å². The summed E-state index contributed by atoms with van der Waals surface area (Å²) in [7, 11) is 0. The van der Waals surface area contributed by atoms with E-state index in [0.717, 1.165) is 11.5 Å². The monoisotopic (exact) mass is 472 g/mol. The lowest BCUT2D eigenvalue weighted by Crippen LogP contribution is -2.12. The van der Waals surface area contributed by atoms with E-state index in [1.54, 1.807) is 6.92 Å². The van der Waals surface area contributed by atoms with Gasteiger partial charge in [-0.25, -0.2) is 4.39 Å². The summed E-state index contributed by atoms with van der Waals surface area (Å²) in [5, 5.41) is 0. The third-order valence-corrected chi connectivity index (χ3v) is 6.81. The van der Waals surface area contributed by atoms with E-state index in [0.29, 0.717) is 17.0 Å². The van der Waals surface area contributed by atoms with Crippen LogP contribution in [0.25, 0.3) is 11.1 Å². The fourth-order valence-electron chi connectivity index (χ4n) is 4.76. The third kappa shape index (κ3) is 5.37. The first kappa shape index (κ1) is 24.1. The Morgan fingerprint density at radius 1 is 0.882 bits per heavy atom. The second-order valence-corrected chi connectivity index (χ2v) is 8.87. The van der Waals surface area contributed by atoms with Crippen molar-refractivity contribution >= 4 is 0 Å². The number of hydrogen-bond acceptors (Lipinski definition) is 2. The minimum Gasteiger partial charge on any atom is -0.454 e. The molecule has 0 N–H and O–H groups in total. The van der Waals surface area contributed by atoms with Gasteiger partial charge in [-0.3, -0.25) is 0 Å². The van der Waals surface area contributed by atoms with Crippen LogP contribution in [0.5, 0.6) is 17.2 Å². The van der Waals surface area contributed by atoms with Crippen molar-refractivity contribution in [2.45, 2.75) is 58.5 Å². The SMILES string of the molecule is CCC1CCC(c2ccc(-c3cc(F)c(F)c(Oc4ccc(OC(F)F)cc4)c3C)cc2)CC1. The van der Waals surface area contributed by atoms with Crippen molar-refractivity contribution in [3.8, 4) is 28.4 Å². The summed E-state index contributed by atoms with van der Waals surface area (Å²) in [5.41, 5.74) is 3.03. The highest BCUT2D eigenvalue weighted by atomic mass is 19.3. The molecule has 0 aromatic heterocycles. The topological polar surface area (TPSA) is 18.5 Å². The fraction of sp³-hybridized carbons (Fsp3) is 0.357. The average Bonchev–Trinajstić information content (AvgIpc) is 2.85. The zero-order chi connectivity index (χ0) is 24.2. The Labute approximate surface area is 197 Å². The van der Waals surface area contributed by atoms with E-state index in [9.17, 15) is 17.6 Å². The largest absolute Gasteiger partial charge is 0.454 e. The Morgan fingerprint density at radius 3 is 2.09 bits per heavy atom. The number of rotatable bonds is 7. The van der Waals surface area contributed by atoms with Gasteiger partial charge in [0.25, 0.3) is 0 Å². The molecule has 180 valence electrons. The van der Waals surface area contributed by atoms with E-state index in [2.05, 4.69) is 23.8 Å². The predicted molar refractivity (Wildman–Crippen MR) is 125 cm³/mol. The minimum atomic E-state index is -2.95. The lowest BCUT2D eigenvalue weighted by molar-refractivity contribution is -0.0498. The zero-order valence-electron chi connectivity index (χ0n) is 19.3. The number of benzene rings is 3. The highest BCUT2D eigenvalue weighted by Crippen LogP contribution is 2.40. The Kier molecular flexibility index (Phi) is 7.44. The van der Waals surface area contributed by atoms with E-state index >= 15 is 0 Å². The van der Waals surface area contributed by atoms with Crippen LogP contribution in [0.1, 0.15) is 56.1 Å². The van der Waals surface area contributed by atoms with Crippen molar-refractivity contribution in [3.05, 3.63) is 77.4 Å². The van der Waals surface area contributed by atoms with Gasteiger partial charge in [0.15, 0.2) is 11.6 Å². The van der Waals surface area contributed by atoms with E-state index in [1.807, 2.05) is 12.1 Å². The molecular weight excluding hydrogens is 444 g/mol. The Morgan fingerprint density at radius 2 is 1.50 bits per heavy atom. The second-order valence-electron chi connectivity index (χ2n) is 8.87. The summed E-state index contributed by atoms with van der Waals surface area (Å²) in [5.74, 6) is -0.861. The quantitative estimate of drug-likeness (QED) is 0.319. The van der Waals surface area contributed by atoms with Crippen molar-refractivity contribution in [1.82, 2.24) is 0 Å². The molecule has 0 unspecified atom stereocenters. The summed E-state index contributed by atoms with van der Waals surface area (Å²) in [4.78, 5) is 0. The molecule has 1 aliphatic carbocycles. The van der Waals surface area contributed by atoms with Gasteiger partial charge >= 0.3 is 6.61 Å². The van der Waals surface area contributed by atoms with Crippen LogP contribution in [0.2, 0.25) is 0 Å². The first-order chi connectivity index (χ1) is 16.4. The van der Waals surface area contributed by atoms with Crippen molar-refractivity contribution < 1.29 is 27.0 Å². The van der Waals surface area contributed by atoms with Crippen molar-refractivity contribution in [3.63, 3.8) is 0 Å². The summed E-state index contributed by atoms with van der Waals surface area (Å²) in [6, 6.07) is 14.5. The van der Waals surface area contributed by atoms with Crippen LogP contribution in [0.3, 0.4) is 0 Å². The normalized spacial score (nSPS) is 18.2. The number of ether oxygens (including phenoxy) is 2. The number of halogens is 4. The van der Waals surface area contributed by atoms with Gasteiger partial charge in [0.05, 0.1) is 0 Å². The van der Waals surface area contributed by atoms with Gasteiger partial charge in [0, 0.05) is 5.56 Å². The minimum absolute atomic E-state index is 0.0530. The molecule has 1 aliphatic rings. The molecule has 2 nitrogen and oxygen atoms in total. The van der Waals surface area contributed by atoms with Crippen molar-refractivity contribution in [2.75, 3.05) is 0 Å². The highest BCUT2D eigenvalue weighted by Gasteiger charge is 2.22. The van der Waals surface area contributed by atoms with Crippen LogP contribution in [-0.4, -0.2) is 6.61 Å². The van der Waals surface area contributed by atoms with E-state index in [-0.39, 0.29) is 17.2 Å². The van der Waals surface area contributed by atoms with Gasteiger partial charge < -0.3 is 9.47 Å². The molecule has 0 saturated heterocycles. The first-order valence-electron chi connectivity index (χ1n) is 11.7. The molecule has 3 aromatic carbocycles. The Balaban J connectivity index is 1.56. The van der Waals surface area contributed by atoms with Gasteiger partial charge in [0.1, 0.15) is 11.5 Å². The molecule has 0 bridgehead atoms. The molecule has 1 fully saturated rings. The number of alkyl halides is 2. The first-order valence-corrected chi connectivity index (χ1v) is 11.7. The standard InChI is InChI=1S/C28H28F4O2/c1-3-18-4-6-19(7-5-18)20-8-10-21(11-9-20)24-16-25(29)26(30)27(17(24)2)33-22-12-14-23(15-13-22)34-28(31)32/h8-16,18-19,28H,3-7H2,1-2H3. The van der Waals surface area contributed by atoms with Crippen LogP contribution >= 0.6 is 0 Å². The maximum atomic E-state index is 14.6. The fourth-order valence-corrected chi connectivity index (χ4v) is 4.76. The maximum absolute atomic E-state index is 14.6. The second kappa shape index (κ2) is 10.5. The van der Waals surface area contributed by atoms with E-state index in [4.69, 9.17) is 4.74 Å². The molecule has 6 heteroatoms. The zero-order valence-corrected chi connectivity index (χ0v) is 19.3. The van der Waals surface area contributed by atoms with Crippen LogP contribution in [0, 0.1) is 24.5 Å². The van der Waals surface area contributed by atoms with Gasteiger partial charge in [-0.05, 0) is 91.5 Å². The van der Waals surface area contributed by atoms with Gasteiger partial charge in [-0.2, -0.15) is 13.2 Å². The summed E-state index contributed by atoms with van der Waals surface area (Å²) in [6.07, 6.45) is 6.10. The molecular formula is C28H28F4O2. The third-order valence-electron chi connectivity index (χ3n) is 6.81. The van der Waals surface area contributed by atoms with Crippen molar-refractivity contribution in [1.29, 1.82) is 0 Å². The van der Waals surface area contributed by atoms with Crippen LogP contribution in [0.4, 0.5) is 17.6 Å². The van der Waals surface area contributed by atoms with Crippen LogP contribution < -0.4 is 9.47 Å². The molecule has 34 heavy (non-hydrogen) atoms. The van der Waals surface area contributed by atoms with Crippen LogP contribution in [-0.2, 0) is 0 Å². The van der Waals surface area contributed by atoms with Crippen LogP contribution in [0.15, 0.2) is 54.6 Å². The average molecular weight is 473 g/mol. The van der Waals surface area contributed by atoms with Gasteiger partial charge in [-0.15, -0.1) is 0 Å².